The van der Waals surface area contributed by atoms with Crippen molar-refractivity contribution < 1.29 is 4.39 Å². The minimum absolute atomic E-state index is 0.0138. The highest BCUT2D eigenvalue weighted by Crippen LogP contribution is 2.19. The van der Waals surface area contributed by atoms with Gasteiger partial charge in [0.2, 0.25) is 0 Å². The van der Waals surface area contributed by atoms with Crippen molar-refractivity contribution in [1.29, 1.82) is 0 Å². The first-order valence-corrected chi connectivity index (χ1v) is 9.72. The molecular formula is C22H25FN4O. The van der Waals surface area contributed by atoms with Crippen LogP contribution in [0.4, 0.5) is 4.39 Å². The predicted molar refractivity (Wildman–Crippen MR) is 107 cm³/mol. The fraction of sp³-hybridized carbons (Fsp3) is 0.364. The van der Waals surface area contributed by atoms with Crippen LogP contribution in [0.5, 0.6) is 0 Å². The van der Waals surface area contributed by atoms with Crippen molar-refractivity contribution in [1.82, 2.24) is 19.4 Å². The summed E-state index contributed by atoms with van der Waals surface area (Å²) in [7, 11) is 0. The van der Waals surface area contributed by atoms with E-state index in [9.17, 15) is 9.18 Å². The summed E-state index contributed by atoms with van der Waals surface area (Å²) in [5.74, 6) is 0.763. The molecule has 1 aliphatic rings. The highest BCUT2D eigenvalue weighted by Gasteiger charge is 2.22. The van der Waals surface area contributed by atoms with Gasteiger partial charge in [-0.3, -0.25) is 9.69 Å². The number of aromatic amines is 1. The Morgan fingerprint density at radius 3 is 2.71 bits per heavy atom. The maximum atomic E-state index is 13.1. The molecule has 0 bridgehead atoms. The highest BCUT2D eigenvalue weighted by atomic mass is 19.1. The lowest BCUT2D eigenvalue weighted by Gasteiger charge is -2.28. The number of hydrogen-bond donors (Lipinski definition) is 1. The van der Waals surface area contributed by atoms with Crippen LogP contribution in [0.3, 0.4) is 0 Å². The van der Waals surface area contributed by atoms with Gasteiger partial charge >= 0.3 is 0 Å². The maximum absolute atomic E-state index is 13.1. The second kappa shape index (κ2) is 7.72. The zero-order chi connectivity index (χ0) is 19.7. The summed E-state index contributed by atoms with van der Waals surface area (Å²) >= 11 is 0. The molecule has 1 aromatic carbocycles. The Morgan fingerprint density at radius 1 is 1.18 bits per heavy atom. The molecule has 2 aromatic heterocycles. The molecule has 28 heavy (non-hydrogen) atoms. The first kappa shape index (κ1) is 18.6. The van der Waals surface area contributed by atoms with Crippen LogP contribution in [0, 0.1) is 5.82 Å². The summed E-state index contributed by atoms with van der Waals surface area (Å²) in [6.45, 7) is 7.02. The molecule has 0 saturated carbocycles. The van der Waals surface area contributed by atoms with Crippen LogP contribution in [0.25, 0.3) is 0 Å². The minimum atomic E-state index is -0.220. The van der Waals surface area contributed by atoms with E-state index < -0.39 is 0 Å². The van der Waals surface area contributed by atoms with Gasteiger partial charge in [0.05, 0.1) is 11.3 Å². The molecule has 4 rings (SSSR count). The monoisotopic (exact) mass is 380 g/mol. The van der Waals surface area contributed by atoms with Crippen LogP contribution in [-0.4, -0.2) is 26.0 Å². The number of nitrogens with one attached hydrogen (secondary N) is 1. The fourth-order valence-electron chi connectivity index (χ4n) is 3.67. The Labute approximate surface area is 163 Å². The molecule has 6 heteroatoms. The summed E-state index contributed by atoms with van der Waals surface area (Å²) < 4.78 is 15.3. The van der Waals surface area contributed by atoms with E-state index in [-0.39, 0.29) is 17.3 Å². The van der Waals surface area contributed by atoms with Crippen molar-refractivity contribution in [3.63, 3.8) is 0 Å². The van der Waals surface area contributed by atoms with Gasteiger partial charge in [-0.2, -0.15) is 0 Å². The van der Waals surface area contributed by atoms with Gasteiger partial charge in [0, 0.05) is 50.4 Å². The molecule has 0 aliphatic carbocycles. The average Bonchev–Trinajstić information content (AvgIpc) is 3.10. The summed E-state index contributed by atoms with van der Waals surface area (Å²) in [6, 6.07) is 10.7. The number of rotatable bonds is 5. The lowest BCUT2D eigenvalue weighted by Crippen LogP contribution is -2.36. The molecule has 5 nitrogen and oxygen atoms in total. The van der Waals surface area contributed by atoms with E-state index in [1.165, 1.54) is 17.8 Å². The number of halogens is 1. The van der Waals surface area contributed by atoms with E-state index in [1.54, 1.807) is 0 Å². The van der Waals surface area contributed by atoms with Crippen molar-refractivity contribution in [3.8, 4) is 0 Å². The molecule has 146 valence electrons. The molecular weight excluding hydrogens is 355 g/mol. The van der Waals surface area contributed by atoms with Crippen molar-refractivity contribution in [2.75, 3.05) is 6.54 Å². The summed E-state index contributed by atoms with van der Waals surface area (Å²) in [4.78, 5) is 22.4. The van der Waals surface area contributed by atoms with Crippen molar-refractivity contribution >= 4 is 0 Å². The smallest absolute Gasteiger partial charge is 0.255 e. The molecule has 0 saturated heterocycles. The zero-order valence-electron chi connectivity index (χ0n) is 16.3. The van der Waals surface area contributed by atoms with Gasteiger partial charge in [0.15, 0.2) is 0 Å². The van der Waals surface area contributed by atoms with Crippen LogP contribution in [0.1, 0.15) is 48.1 Å². The second-order valence-electron chi connectivity index (χ2n) is 7.75. The molecule has 0 spiro atoms. The summed E-state index contributed by atoms with van der Waals surface area (Å²) in [5.41, 5.74) is 3.94. The van der Waals surface area contributed by atoms with Crippen LogP contribution < -0.4 is 5.56 Å². The van der Waals surface area contributed by atoms with Crippen molar-refractivity contribution in [2.24, 2.45) is 0 Å². The quantitative estimate of drug-likeness (QED) is 0.738. The Bertz CT molecular complexity index is 1020. The van der Waals surface area contributed by atoms with Crippen LogP contribution in [-0.2, 0) is 26.1 Å². The average molecular weight is 380 g/mol. The summed E-state index contributed by atoms with van der Waals surface area (Å²) in [6.07, 6.45) is 2.83. The lowest BCUT2D eigenvalue weighted by molar-refractivity contribution is 0.235. The van der Waals surface area contributed by atoms with Gasteiger partial charge in [0.1, 0.15) is 11.6 Å². The number of aromatic nitrogens is 3. The fourth-order valence-corrected chi connectivity index (χ4v) is 3.67. The van der Waals surface area contributed by atoms with Gasteiger partial charge in [-0.05, 0) is 29.8 Å². The van der Waals surface area contributed by atoms with E-state index in [1.807, 2.05) is 38.2 Å². The van der Waals surface area contributed by atoms with Crippen LogP contribution in [0.2, 0.25) is 0 Å². The Morgan fingerprint density at radius 2 is 1.96 bits per heavy atom. The van der Waals surface area contributed by atoms with Gasteiger partial charge in [-0.25, -0.2) is 9.37 Å². The van der Waals surface area contributed by atoms with E-state index in [2.05, 4.69) is 25.5 Å². The topological polar surface area (TPSA) is 53.9 Å². The van der Waals surface area contributed by atoms with Gasteiger partial charge in [0.25, 0.3) is 5.56 Å². The molecule has 0 fully saturated rings. The Hall–Kier alpha value is -2.73. The van der Waals surface area contributed by atoms with E-state index in [0.29, 0.717) is 13.1 Å². The molecule has 3 aromatic rings. The second-order valence-corrected chi connectivity index (χ2v) is 7.75. The van der Waals surface area contributed by atoms with Crippen LogP contribution >= 0.6 is 0 Å². The zero-order valence-corrected chi connectivity index (χ0v) is 16.3. The molecule has 3 heterocycles. The van der Waals surface area contributed by atoms with Gasteiger partial charge in [-0.1, -0.05) is 26.0 Å². The number of H-pyrrole nitrogens is 1. The molecule has 0 unspecified atom stereocenters. The third-order valence-corrected chi connectivity index (χ3v) is 5.29. The van der Waals surface area contributed by atoms with Gasteiger partial charge < -0.3 is 9.55 Å². The van der Waals surface area contributed by atoms with E-state index >= 15 is 0 Å². The normalized spacial score (nSPS) is 14.4. The molecule has 0 radical (unpaired) electrons. The predicted octanol–water partition coefficient (Wildman–Crippen LogP) is 3.44. The number of benzene rings is 1. The molecule has 0 atom stereocenters. The SMILES string of the molecule is CC(C)c1nc2c(c(=O)[nH]1)CN(Cc1cccn1Cc1ccc(F)cc1)CC2. The van der Waals surface area contributed by atoms with E-state index in [4.69, 9.17) is 0 Å². The third kappa shape index (κ3) is 3.92. The van der Waals surface area contributed by atoms with E-state index in [0.717, 1.165) is 42.2 Å². The lowest BCUT2D eigenvalue weighted by atomic mass is 10.1. The van der Waals surface area contributed by atoms with Gasteiger partial charge in [-0.15, -0.1) is 0 Å². The standard InChI is InChI=1S/C22H25FN4O/c1-15(2)21-24-20-9-11-26(14-19(20)22(28)25-21)13-18-4-3-10-27(18)12-16-5-7-17(23)8-6-16/h3-8,10,15H,9,11-14H2,1-2H3,(H,24,25,28). The van der Waals surface area contributed by atoms with Crippen molar-refractivity contribution in [2.45, 2.75) is 45.8 Å². The minimum Gasteiger partial charge on any atom is -0.346 e. The first-order chi connectivity index (χ1) is 13.5. The Balaban J connectivity index is 1.49. The van der Waals surface area contributed by atoms with Crippen molar-refractivity contribution in [3.05, 3.63) is 87.1 Å². The number of hydrogen-bond acceptors (Lipinski definition) is 3. The third-order valence-electron chi connectivity index (χ3n) is 5.29. The maximum Gasteiger partial charge on any atom is 0.255 e. The number of fused-ring (bicyclic) bond motifs is 1. The van der Waals surface area contributed by atoms with Crippen LogP contribution in [0.15, 0.2) is 47.4 Å². The molecule has 0 amide bonds. The number of nitrogens with zero attached hydrogens (tertiary/aromatic N) is 3. The first-order valence-electron chi connectivity index (χ1n) is 9.72. The Kier molecular flexibility index (Phi) is 5.13. The summed E-state index contributed by atoms with van der Waals surface area (Å²) in [5, 5.41) is 0. The molecule has 1 N–H and O–H groups in total. The highest BCUT2D eigenvalue weighted by molar-refractivity contribution is 5.23. The molecule has 1 aliphatic heterocycles. The largest absolute Gasteiger partial charge is 0.346 e.